The number of aliphatic hydroxyl groups excluding tert-OH is 1. The molecule has 0 aliphatic rings. The first-order valence-corrected chi connectivity index (χ1v) is 10.7. The maximum atomic E-state index is 11.9. The second kappa shape index (κ2) is 11.0. The third-order valence-electron chi connectivity index (χ3n) is 4.67. The molecule has 0 aliphatic carbocycles. The normalized spacial score (nSPS) is 15.6. The molecule has 1 amide bonds. The summed E-state index contributed by atoms with van der Waals surface area (Å²) in [5.41, 5.74) is -0.613. The number of aromatic nitrogens is 1. The Labute approximate surface area is 168 Å². The Bertz CT molecular complexity index is 543. The van der Waals surface area contributed by atoms with E-state index in [4.69, 9.17) is 0 Å². The zero-order valence-corrected chi connectivity index (χ0v) is 18.4. The minimum atomic E-state index is -1.02. The van der Waals surface area contributed by atoms with Gasteiger partial charge in [-0.15, -0.1) is 11.3 Å². The Balaban J connectivity index is 2.77. The average molecular weight is 400 g/mol. The Kier molecular flexibility index (Phi) is 9.70. The Morgan fingerprint density at radius 1 is 1.30 bits per heavy atom. The number of hydrogen-bond acceptors (Lipinski definition) is 5. The summed E-state index contributed by atoms with van der Waals surface area (Å²) in [6, 6.07) is -0.268. The predicted octanol–water partition coefficient (Wildman–Crippen LogP) is 4.00. The van der Waals surface area contributed by atoms with E-state index in [-0.39, 0.29) is 6.04 Å². The lowest BCUT2D eigenvalue weighted by Crippen LogP contribution is -2.58. The molecular formula is C20H37N3O3S. The van der Waals surface area contributed by atoms with Crippen LogP contribution < -0.4 is 5.32 Å². The van der Waals surface area contributed by atoms with E-state index >= 15 is 0 Å². The van der Waals surface area contributed by atoms with Gasteiger partial charge in [0.1, 0.15) is 0 Å². The second-order valence-corrected chi connectivity index (χ2v) is 9.70. The third kappa shape index (κ3) is 8.58. The molecule has 0 saturated carbocycles. The number of thiazole rings is 1. The summed E-state index contributed by atoms with van der Waals surface area (Å²) in [4.78, 5) is 17.6. The molecule has 1 unspecified atom stereocenters. The standard InChI is InChI=1S/C20H37N3O3S/c1-14(2)8-7-9-15(3)22-13-17(24)16(12-18-21-10-11-27-18)23(19(25)26)20(4,5)6/h10-11,14-17,22,24H,7-9,12-13H2,1-6H3,(H,25,26)/t15?,16-,17+/m0/s1. The number of hydrogen-bond donors (Lipinski definition) is 3. The highest BCUT2D eigenvalue weighted by atomic mass is 32.1. The number of aliphatic hydroxyl groups is 1. The minimum absolute atomic E-state index is 0.284. The summed E-state index contributed by atoms with van der Waals surface area (Å²) >= 11 is 1.48. The summed E-state index contributed by atoms with van der Waals surface area (Å²) in [5.74, 6) is 0.696. The third-order valence-corrected chi connectivity index (χ3v) is 5.47. The predicted molar refractivity (Wildman–Crippen MR) is 111 cm³/mol. The molecule has 0 bridgehead atoms. The van der Waals surface area contributed by atoms with Crippen molar-refractivity contribution in [3.05, 3.63) is 16.6 Å². The Morgan fingerprint density at radius 2 is 1.96 bits per heavy atom. The smallest absolute Gasteiger partial charge is 0.408 e. The van der Waals surface area contributed by atoms with Gasteiger partial charge in [0.25, 0.3) is 0 Å². The van der Waals surface area contributed by atoms with Crippen molar-refractivity contribution in [2.24, 2.45) is 5.92 Å². The van der Waals surface area contributed by atoms with Crippen LogP contribution in [0.2, 0.25) is 0 Å². The van der Waals surface area contributed by atoms with Crippen LogP contribution in [0.4, 0.5) is 4.79 Å². The van der Waals surface area contributed by atoms with Gasteiger partial charge in [0.15, 0.2) is 0 Å². The fraction of sp³-hybridized carbons (Fsp3) is 0.800. The summed E-state index contributed by atoms with van der Waals surface area (Å²) in [7, 11) is 0. The van der Waals surface area contributed by atoms with E-state index in [0.717, 1.165) is 17.8 Å². The number of nitrogens with zero attached hydrogens (tertiary/aromatic N) is 2. The van der Waals surface area contributed by atoms with E-state index in [1.165, 1.54) is 22.7 Å². The molecule has 0 radical (unpaired) electrons. The highest BCUT2D eigenvalue weighted by Gasteiger charge is 2.37. The maximum absolute atomic E-state index is 11.9. The van der Waals surface area contributed by atoms with E-state index in [9.17, 15) is 15.0 Å². The van der Waals surface area contributed by atoms with Crippen molar-refractivity contribution in [3.63, 3.8) is 0 Å². The highest BCUT2D eigenvalue weighted by molar-refractivity contribution is 7.09. The first kappa shape index (κ1) is 23.9. The fourth-order valence-electron chi connectivity index (χ4n) is 3.25. The monoisotopic (exact) mass is 399 g/mol. The van der Waals surface area contributed by atoms with Gasteiger partial charge in [0.05, 0.1) is 17.2 Å². The van der Waals surface area contributed by atoms with Crippen molar-refractivity contribution in [1.82, 2.24) is 15.2 Å². The molecule has 1 aromatic rings. The zero-order chi connectivity index (χ0) is 20.6. The molecule has 0 saturated heterocycles. The number of carboxylic acid groups (broad SMARTS) is 1. The first-order chi connectivity index (χ1) is 12.5. The van der Waals surface area contributed by atoms with Gasteiger partial charge in [0.2, 0.25) is 0 Å². The van der Waals surface area contributed by atoms with Gasteiger partial charge >= 0.3 is 6.09 Å². The van der Waals surface area contributed by atoms with Crippen LogP contribution in [0.25, 0.3) is 0 Å². The summed E-state index contributed by atoms with van der Waals surface area (Å²) < 4.78 is 0. The van der Waals surface area contributed by atoms with Crippen LogP contribution in [0.15, 0.2) is 11.6 Å². The van der Waals surface area contributed by atoms with Crippen molar-refractivity contribution in [3.8, 4) is 0 Å². The van der Waals surface area contributed by atoms with E-state index in [0.29, 0.717) is 18.9 Å². The number of carbonyl (C=O) groups is 1. The molecule has 1 heterocycles. The molecule has 27 heavy (non-hydrogen) atoms. The molecule has 1 rings (SSSR count). The van der Waals surface area contributed by atoms with Crippen LogP contribution >= 0.6 is 11.3 Å². The van der Waals surface area contributed by atoms with Crippen molar-refractivity contribution in [2.45, 2.75) is 91.0 Å². The van der Waals surface area contributed by atoms with E-state index < -0.39 is 23.8 Å². The van der Waals surface area contributed by atoms with E-state index in [1.54, 1.807) is 6.20 Å². The Morgan fingerprint density at radius 3 is 2.44 bits per heavy atom. The number of rotatable bonds is 11. The molecule has 0 aromatic carbocycles. The van der Waals surface area contributed by atoms with Crippen molar-refractivity contribution in [1.29, 1.82) is 0 Å². The van der Waals surface area contributed by atoms with E-state index in [1.807, 2.05) is 26.2 Å². The largest absolute Gasteiger partial charge is 0.465 e. The maximum Gasteiger partial charge on any atom is 0.408 e. The number of amides is 1. The molecule has 3 atom stereocenters. The molecule has 0 aliphatic heterocycles. The molecule has 6 nitrogen and oxygen atoms in total. The first-order valence-electron chi connectivity index (χ1n) is 9.84. The van der Waals surface area contributed by atoms with Crippen LogP contribution in [0, 0.1) is 5.92 Å². The average Bonchev–Trinajstić information content (AvgIpc) is 3.03. The summed E-state index contributed by atoms with van der Waals surface area (Å²) in [6.07, 6.45) is 3.67. The minimum Gasteiger partial charge on any atom is -0.465 e. The molecule has 3 N–H and O–H groups in total. The van der Waals surface area contributed by atoms with Gasteiger partial charge in [-0.1, -0.05) is 26.7 Å². The van der Waals surface area contributed by atoms with Crippen LogP contribution in [0.5, 0.6) is 0 Å². The SMILES string of the molecule is CC(C)CCCC(C)NC[C@@H](O)[C@H](Cc1nccs1)N(C(=O)O)C(C)(C)C. The van der Waals surface area contributed by atoms with Crippen LogP contribution in [0.1, 0.15) is 65.8 Å². The quantitative estimate of drug-likeness (QED) is 0.524. The van der Waals surface area contributed by atoms with Gasteiger partial charge in [-0.3, -0.25) is 4.90 Å². The lowest BCUT2D eigenvalue weighted by molar-refractivity contribution is 0.00695. The van der Waals surface area contributed by atoms with Crippen LogP contribution in [-0.4, -0.2) is 56.5 Å². The van der Waals surface area contributed by atoms with Gasteiger partial charge < -0.3 is 15.5 Å². The highest BCUT2D eigenvalue weighted by Crippen LogP contribution is 2.23. The van der Waals surface area contributed by atoms with Crippen molar-refractivity contribution >= 4 is 17.4 Å². The molecule has 1 aromatic heterocycles. The van der Waals surface area contributed by atoms with E-state index in [2.05, 4.69) is 31.1 Å². The van der Waals surface area contributed by atoms with Gasteiger partial charge in [-0.2, -0.15) is 0 Å². The van der Waals surface area contributed by atoms with Crippen LogP contribution in [-0.2, 0) is 6.42 Å². The summed E-state index contributed by atoms with van der Waals surface area (Å²) in [6.45, 7) is 12.5. The molecule has 0 fully saturated rings. The molecule has 7 heteroatoms. The molecular weight excluding hydrogens is 362 g/mol. The topological polar surface area (TPSA) is 85.7 Å². The second-order valence-electron chi connectivity index (χ2n) is 8.72. The number of nitrogens with one attached hydrogen (secondary N) is 1. The Hall–Kier alpha value is -1.18. The van der Waals surface area contributed by atoms with Crippen molar-refractivity contribution < 1.29 is 15.0 Å². The molecule has 0 spiro atoms. The zero-order valence-electron chi connectivity index (χ0n) is 17.6. The van der Waals surface area contributed by atoms with Gasteiger partial charge in [-0.25, -0.2) is 9.78 Å². The van der Waals surface area contributed by atoms with Gasteiger partial charge in [-0.05, 0) is 40.0 Å². The fourth-order valence-corrected chi connectivity index (χ4v) is 3.92. The lowest BCUT2D eigenvalue weighted by Gasteiger charge is -2.41. The van der Waals surface area contributed by atoms with Crippen LogP contribution in [0.3, 0.4) is 0 Å². The lowest BCUT2D eigenvalue weighted by atomic mass is 9.97. The molecule has 156 valence electrons. The van der Waals surface area contributed by atoms with Crippen molar-refractivity contribution in [2.75, 3.05) is 6.54 Å². The summed E-state index contributed by atoms with van der Waals surface area (Å²) in [5, 5.41) is 26.7. The van der Waals surface area contributed by atoms with Gasteiger partial charge in [0, 0.05) is 36.1 Å².